The van der Waals surface area contributed by atoms with Gasteiger partial charge >= 0.3 is 0 Å². The first kappa shape index (κ1) is 19.1. The van der Waals surface area contributed by atoms with E-state index in [1.165, 1.54) is 16.9 Å². The Morgan fingerprint density at radius 2 is 1.96 bits per heavy atom. The molecule has 5 rings (SSSR count). The lowest BCUT2D eigenvalue weighted by Crippen LogP contribution is -2.29. The number of rotatable bonds is 5. The van der Waals surface area contributed by atoms with Crippen LogP contribution in [0.25, 0.3) is 10.2 Å². The van der Waals surface area contributed by atoms with E-state index in [1.54, 1.807) is 23.1 Å². The highest BCUT2D eigenvalue weighted by molar-refractivity contribution is 7.99. The van der Waals surface area contributed by atoms with Crippen LogP contribution >= 0.6 is 23.1 Å². The van der Waals surface area contributed by atoms with Gasteiger partial charge in [-0.2, -0.15) is 0 Å². The quantitative estimate of drug-likeness (QED) is 0.540. The first-order valence-corrected chi connectivity index (χ1v) is 12.4. The summed E-state index contributed by atoms with van der Waals surface area (Å²) < 4.78 is 13.5. The van der Waals surface area contributed by atoms with E-state index in [9.17, 15) is 4.79 Å². The van der Waals surface area contributed by atoms with Crippen LogP contribution in [0.1, 0.15) is 49.5 Å². The molecule has 5 nitrogen and oxygen atoms in total. The van der Waals surface area contributed by atoms with Gasteiger partial charge in [0.25, 0.3) is 5.56 Å². The summed E-state index contributed by atoms with van der Waals surface area (Å²) in [5, 5.41) is 1.72. The Balaban J connectivity index is 1.53. The van der Waals surface area contributed by atoms with Gasteiger partial charge in [-0.15, -0.1) is 11.3 Å². The molecular weight excluding hydrogens is 392 g/mol. The summed E-state index contributed by atoms with van der Waals surface area (Å²) in [6, 6.07) is 0. The molecule has 3 atom stereocenters. The van der Waals surface area contributed by atoms with Crippen molar-refractivity contribution < 1.29 is 9.47 Å². The minimum absolute atomic E-state index is 0.133. The van der Waals surface area contributed by atoms with Crippen molar-refractivity contribution in [2.75, 3.05) is 19.0 Å². The molecule has 0 N–H and O–H groups in total. The highest BCUT2D eigenvalue weighted by Crippen LogP contribution is 2.37. The highest BCUT2D eigenvalue weighted by atomic mass is 32.2. The second kappa shape index (κ2) is 8.09. The molecule has 2 fully saturated rings. The Morgan fingerprint density at radius 3 is 2.71 bits per heavy atom. The molecule has 0 amide bonds. The lowest BCUT2D eigenvalue weighted by atomic mass is 9.89. The summed E-state index contributed by atoms with van der Waals surface area (Å²) in [5.74, 6) is 1.56. The number of hydrogen-bond acceptors (Lipinski definition) is 6. The number of aromatic nitrogens is 2. The van der Waals surface area contributed by atoms with Crippen LogP contribution in [0.4, 0.5) is 0 Å². The molecule has 2 aliphatic heterocycles. The van der Waals surface area contributed by atoms with Crippen molar-refractivity contribution >= 4 is 33.3 Å². The third-order valence-corrected chi connectivity index (χ3v) is 8.47. The zero-order valence-corrected chi connectivity index (χ0v) is 18.1. The van der Waals surface area contributed by atoms with Crippen molar-refractivity contribution in [3.63, 3.8) is 0 Å². The minimum Gasteiger partial charge on any atom is -0.377 e. The minimum atomic E-state index is 0.133. The van der Waals surface area contributed by atoms with Crippen molar-refractivity contribution in [2.45, 2.75) is 75.8 Å². The second-order valence-corrected chi connectivity index (χ2v) is 10.5. The molecule has 0 saturated carbocycles. The van der Waals surface area contributed by atoms with E-state index >= 15 is 0 Å². The van der Waals surface area contributed by atoms with Gasteiger partial charge in [-0.3, -0.25) is 9.36 Å². The maximum absolute atomic E-state index is 13.6. The molecule has 2 aromatic rings. The van der Waals surface area contributed by atoms with E-state index in [4.69, 9.17) is 14.5 Å². The van der Waals surface area contributed by atoms with Gasteiger partial charge in [-0.1, -0.05) is 18.7 Å². The molecular formula is C21H28N2O3S2. The number of aryl methyl sites for hydroxylation is 1. The third kappa shape index (κ3) is 3.66. The van der Waals surface area contributed by atoms with E-state index in [0.717, 1.165) is 72.9 Å². The topological polar surface area (TPSA) is 53.4 Å². The molecule has 0 aromatic carbocycles. The molecule has 0 bridgehead atoms. The average molecular weight is 421 g/mol. The molecule has 2 aromatic heterocycles. The van der Waals surface area contributed by atoms with E-state index in [2.05, 4.69) is 6.92 Å². The Kier molecular flexibility index (Phi) is 5.52. The summed E-state index contributed by atoms with van der Waals surface area (Å²) in [6.07, 6.45) is 8.03. The molecule has 0 spiro atoms. The van der Waals surface area contributed by atoms with Crippen molar-refractivity contribution in [1.82, 2.24) is 9.55 Å². The van der Waals surface area contributed by atoms with Crippen LogP contribution < -0.4 is 5.56 Å². The van der Waals surface area contributed by atoms with Gasteiger partial charge in [0.2, 0.25) is 0 Å². The summed E-state index contributed by atoms with van der Waals surface area (Å²) in [5.41, 5.74) is 1.41. The zero-order valence-electron chi connectivity index (χ0n) is 16.4. The van der Waals surface area contributed by atoms with Gasteiger partial charge in [0.1, 0.15) is 4.83 Å². The Morgan fingerprint density at radius 1 is 1.18 bits per heavy atom. The standard InChI is InChI=1S/C21H28N2O3S2/c1-13-6-7-16-17(10-13)28-19-18(16)20(24)23(11-14-4-2-8-25-14)21(22-19)27-12-15-5-3-9-26-15/h13-15H,2-12H2,1H3/t13-,14-,15+/m0/s1. The predicted octanol–water partition coefficient (Wildman–Crippen LogP) is 4.03. The van der Waals surface area contributed by atoms with Crippen LogP contribution in [0.3, 0.4) is 0 Å². The lowest BCUT2D eigenvalue weighted by molar-refractivity contribution is 0.0937. The number of nitrogens with zero attached hydrogens (tertiary/aromatic N) is 2. The predicted molar refractivity (Wildman–Crippen MR) is 114 cm³/mol. The number of thioether (sulfide) groups is 1. The number of ether oxygens (including phenoxy) is 2. The lowest BCUT2D eigenvalue weighted by Gasteiger charge is -2.18. The first-order valence-electron chi connectivity index (χ1n) is 10.6. The molecule has 4 heterocycles. The van der Waals surface area contributed by atoms with Crippen molar-refractivity contribution in [1.29, 1.82) is 0 Å². The Labute approximate surface area is 173 Å². The normalized spacial score (nSPS) is 27.5. The largest absolute Gasteiger partial charge is 0.377 e. The van der Waals surface area contributed by atoms with E-state index in [0.29, 0.717) is 12.5 Å². The molecule has 28 heavy (non-hydrogen) atoms. The van der Waals surface area contributed by atoms with Crippen LogP contribution in [0, 0.1) is 5.92 Å². The zero-order chi connectivity index (χ0) is 19.1. The summed E-state index contributed by atoms with van der Waals surface area (Å²) >= 11 is 3.42. The van der Waals surface area contributed by atoms with Crippen molar-refractivity contribution in [3.8, 4) is 0 Å². The monoisotopic (exact) mass is 420 g/mol. The van der Waals surface area contributed by atoms with Gasteiger partial charge in [0, 0.05) is 23.8 Å². The molecule has 2 saturated heterocycles. The fourth-order valence-corrected chi connectivity index (χ4v) is 7.11. The fourth-order valence-electron chi connectivity index (χ4n) is 4.61. The average Bonchev–Trinajstić information content (AvgIpc) is 3.42. The van der Waals surface area contributed by atoms with Gasteiger partial charge in [-0.05, 0) is 56.4 Å². The van der Waals surface area contributed by atoms with Crippen molar-refractivity contribution in [3.05, 3.63) is 20.8 Å². The molecule has 1 aliphatic carbocycles. The number of hydrogen-bond donors (Lipinski definition) is 0. The molecule has 0 radical (unpaired) electrons. The van der Waals surface area contributed by atoms with Crippen LogP contribution in [0.15, 0.2) is 9.95 Å². The summed E-state index contributed by atoms with van der Waals surface area (Å²) in [7, 11) is 0. The molecule has 7 heteroatoms. The SMILES string of the molecule is C[C@H]1CCc2c(sc3nc(SC[C@H]4CCCO4)n(C[C@@H]4CCCO4)c(=O)c23)C1. The number of fused-ring (bicyclic) bond motifs is 3. The molecule has 3 aliphatic rings. The molecule has 152 valence electrons. The van der Waals surface area contributed by atoms with Crippen LogP contribution in [0.5, 0.6) is 0 Å². The second-order valence-electron chi connectivity index (χ2n) is 8.42. The van der Waals surface area contributed by atoms with Gasteiger partial charge in [-0.25, -0.2) is 4.98 Å². The maximum Gasteiger partial charge on any atom is 0.263 e. The van der Waals surface area contributed by atoms with E-state index < -0.39 is 0 Å². The summed E-state index contributed by atoms with van der Waals surface area (Å²) in [4.78, 5) is 20.9. The number of thiophene rings is 1. The highest BCUT2D eigenvalue weighted by Gasteiger charge is 2.27. The summed E-state index contributed by atoms with van der Waals surface area (Å²) in [6.45, 7) is 4.59. The van der Waals surface area contributed by atoms with Crippen LogP contribution in [-0.4, -0.2) is 40.7 Å². The van der Waals surface area contributed by atoms with E-state index in [-0.39, 0.29) is 17.8 Å². The first-order chi connectivity index (χ1) is 13.7. The van der Waals surface area contributed by atoms with Gasteiger partial charge in [0.15, 0.2) is 5.16 Å². The Hall–Kier alpha value is -0.890. The fraction of sp³-hybridized carbons (Fsp3) is 0.714. The van der Waals surface area contributed by atoms with E-state index in [1.807, 2.05) is 4.57 Å². The third-order valence-electron chi connectivity index (χ3n) is 6.21. The van der Waals surface area contributed by atoms with Crippen LogP contribution in [-0.2, 0) is 28.9 Å². The van der Waals surface area contributed by atoms with Crippen LogP contribution in [0.2, 0.25) is 0 Å². The maximum atomic E-state index is 13.6. The smallest absolute Gasteiger partial charge is 0.263 e. The Bertz CT molecular complexity index is 910. The molecule has 0 unspecified atom stereocenters. The van der Waals surface area contributed by atoms with Crippen molar-refractivity contribution in [2.24, 2.45) is 5.92 Å². The van der Waals surface area contributed by atoms with Gasteiger partial charge in [0.05, 0.1) is 24.1 Å². The van der Waals surface area contributed by atoms with Gasteiger partial charge < -0.3 is 9.47 Å².